The van der Waals surface area contributed by atoms with Crippen molar-refractivity contribution >= 4 is 40.4 Å². The highest BCUT2D eigenvalue weighted by Crippen LogP contribution is 2.47. The van der Waals surface area contributed by atoms with Crippen molar-refractivity contribution in [1.82, 2.24) is 9.88 Å². The van der Waals surface area contributed by atoms with Crippen LogP contribution in [0.2, 0.25) is 10.0 Å². The summed E-state index contributed by atoms with van der Waals surface area (Å²) in [5.74, 6) is 3.08. The minimum atomic E-state index is -2.52. The average Bonchev–Trinajstić information content (AvgIpc) is 3.62. The number of nitrogens with zero attached hydrogens (tertiary/aromatic N) is 1. The first-order valence-corrected chi connectivity index (χ1v) is 16.6. The van der Waals surface area contributed by atoms with Crippen LogP contribution in [0.25, 0.3) is 11.3 Å². The zero-order valence-corrected chi connectivity index (χ0v) is 24.8. The van der Waals surface area contributed by atoms with E-state index in [1.165, 1.54) is 44.1 Å². The van der Waals surface area contributed by atoms with E-state index in [1.54, 1.807) is 0 Å². The highest BCUT2D eigenvalue weighted by Gasteiger charge is 2.35. The molecule has 1 aromatic heterocycles. The van der Waals surface area contributed by atoms with Crippen LogP contribution in [0.4, 0.5) is 0 Å². The van der Waals surface area contributed by atoms with Crippen LogP contribution in [0.15, 0.2) is 22.7 Å². The van der Waals surface area contributed by atoms with Gasteiger partial charge in [0.2, 0.25) is 5.91 Å². The molecule has 3 aliphatic rings. The molecule has 5 rings (SSSR count). The molecule has 1 N–H and O–H groups in total. The zero-order valence-electron chi connectivity index (χ0n) is 22.5. The summed E-state index contributed by atoms with van der Waals surface area (Å²) >= 11 is 10.6. The van der Waals surface area contributed by atoms with Crippen LogP contribution in [0.5, 0.6) is 0 Å². The van der Waals surface area contributed by atoms with Crippen LogP contribution in [-0.4, -0.2) is 19.8 Å². The summed E-state index contributed by atoms with van der Waals surface area (Å²) in [6, 6.07) is 5.60. The average molecular weight is 595 g/mol. The Balaban J connectivity index is 1.18. The van der Waals surface area contributed by atoms with Crippen molar-refractivity contribution in [2.75, 3.05) is 0 Å². The number of aromatic nitrogens is 1. The number of hydrogen-bond acceptors (Lipinski definition) is 5. The molecule has 0 aliphatic heterocycles. The third-order valence-corrected chi connectivity index (χ3v) is 10.3. The predicted molar refractivity (Wildman–Crippen MR) is 154 cm³/mol. The number of nitrogens with one attached hydrogen (secondary N) is 1. The first kappa shape index (κ1) is 29.1. The van der Waals surface area contributed by atoms with Crippen molar-refractivity contribution in [2.24, 2.45) is 23.7 Å². The number of amides is 1. The summed E-state index contributed by atoms with van der Waals surface area (Å²) in [6.45, 7) is 0. The fraction of sp³-hybridized carbons (Fsp3) is 0.667. The molecule has 6 nitrogen and oxygen atoms in total. The quantitative estimate of drug-likeness (QED) is 0.327. The van der Waals surface area contributed by atoms with Crippen molar-refractivity contribution in [3.63, 3.8) is 0 Å². The van der Waals surface area contributed by atoms with Crippen molar-refractivity contribution in [3.8, 4) is 11.3 Å². The lowest BCUT2D eigenvalue weighted by atomic mass is 9.73. The van der Waals surface area contributed by atoms with E-state index in [0.717, 1.165) is 80.7 Å². The maximum absolute atomic E-state index is 12.2. The topological polar surface area (TPSA) is 95.3 Å². The van der Waals surface area contributed by atoms with Gasteiger partial charge in [0.1, 0.15) is 11.5 Å². The number of rotatable bonds is 7. The summed E-state index contributed by atoms with van der Waals surface area (Å²) in [6.07, 6.45) is 16.6. The molecule has 0 radical (unpaired) electrons. The lowest BCUT2D eigenvalue weighted by molar-refractivity contribution is -0.123. The minimum Gasteiger partial charge on any atom is -0.755 e. The van der Waals surface area contributed by atoms with Crippen molar-refractivity contribution in [3.05, 3.63) is 39.6 Å². The van der Waals surface area contributed by atoms with Crippen LogP contribution in [-0.2, 0) is 22.5 Å². The molecule has 3 aliphatic carbocycles. The normalized spacial score (nSPS) is 27.6. The Morgan fingerprint density at radius 3 is 2.03 bits per heavy atom. The van der Waals surface area contributed by atoms with Gasteiger partial charge in [0.05, 0.1) is 10.0 Å². The third-order valence-electron chi connectivity index (χ3n) is 9.31. The monoisotopic (exact) mass is 593 g/mol. The van der Waals surface area contributed by atoms with Crippen LogP contribution >= 0.6 is 23.2 Å². The smallest absolute Gasteiger partial charge is 0.233 e. The predicted octanol–water partition coefficient (Wildman–Crippen LogP) is 8.15. The van der Waals surface area contributed by atoms with E-state index >= 15 is 0 Å². The van der Waals surface area contributed by atoms with E-state index in [9.17, 15) is 13.6 Å². The van der Waals surface area contributed by atoms with Crippen molar-refractivity contribution < 1.29 is 18.1 Å². The van der Waals surface area contributed by atoms with Crippen LogP contribution in [0, 0.1) is 23.7 Å². The van der Waals surface area contributed by atoms with Gasteiger partial charge in [-0.25, -0.2) is 0 Å². The molecule has 3 saturated carbocycles. The Labute approximate surface area is 244 Å². The van der Waals surface area contributed by atoms with E-state index in [-0.39, 0.29) is 11.8 Å². The molecule has 39 heavy (non-hydrogen) atoms. The molecule has 2 aromatic rings. The maximum atomic E-state index is 12.2. The van der Waals surface area contributed by atoms with Crippen LogP contribution in [0.3, 0.4) is 0 Å². The van der Waals surface area contributed by atoms with E-state index in [4.69, 9.17) is 27.7 Å². The summed E-state index contributed by atoms with van der Waals surface area (Å²) in [5.41, 5.74) is 2.84. The van der Waals surface area contributed by atoms with Gasteiger partial charge in [-0.05, 0) is 62.0 Å². The number of benzene rings is 1. The molecule has 0 saturated heterocycles. The summed E-state index contributed by atoms with van der Waals surface area (Å²) < 4.78 is 29.7. The van der Waals surface area contributed by atoms with E-state index < -0.39 is 11.3 Å². The van der Waals surface area contributed by atoms with Gasteiger partial charge in [-0.3, -0.25) is 13.7 Å². The fourth-order valence-corrected chi connectivity index (χ4v) is 8.04. The molecule has 3 fully saturated rings. The highest BCUT2D eigenvalue weighted by atomic mass is 35.5. The van der Waals surface area contributed by atoms with Crippen LogP contribution < -0.4 is 4.72 Å². The van der Waals surface area contributed by atoms with Gasteiger partial charge in [-0.1, -0.05) is 98.6 Å². The molecular weight excluding hydrogens is 555 g/mol. The number of carbonyl (C=O) groups is 1. The minimum absolute atomic E-state index is 0.176. The number of halogens is 2. The second-order valence-electron chi connectivity index (χ2n) is 12.0. The Kier molecular flexibility index (Phi) is 10.1. The second kappa shape index (κ2) is 13.5. The third kappa shape index (κ3) is 7.46. The highest BCUT2D eigenvalue weighted by molar-refractivity contribution is 7.77. The van der Waals surface area contributed by atoms with Gasteiger partial charge in [0.25, 0.3) is 0 Å². The van der Waals surface area contributed by atoms with Gasteiger partial charge in [0.15, 0.2) is 0 Å². The molecular formula is C30H39Cl2N2O4S-. The Morgan fingerprint density at radius 1 is 0.923 bits per heavy atom. The second-order valence-corrected chi connectivity index (χ2v) is 13.4. The van der Waals surface area contributed by atoms with Crippen molar-refractivity contribution in [1.29, 1.82) is 0 Å². The van der Waals surface area contributed by atoms with Crippen LogP contribution in [0.1, 0.15) is 107 Å². The summed E-state index contributed by atoms with van der Waals surface area (Å²) in [4.78, 5) is 12.2. The number of carbonyl (C=O) groups excluding carboxylic acids is 1. The Morgan fingerprint density at radius 2 is 1.49 bits per heavy atom. The maximum Gasteiger partial charge on any atom is 0.233 e. The van der Waals surface area contributed by atoms with Gasteiger partial charge < -0.3 is 9.08 Å². The van der Waals surface area contributed by atoms with E-state index in [0.29, 0.717) is 27.8 Å². The lowest BCUT2D eigenvalue weighted by Crippen LogP contribution is -2.33. The molecule has 1 amide bonds. The largest absolute Gasteiger partial charge is 0.755 e. The molecule has 214 valence electrons. The molecule has 1 heterocycles. The van der Waals surface area contributed by atoms with E-state index in [1.807, 2.05) is 18.2 Å². The van der Waals surface area contributed by atoms with Gasteiger partial charge in [-0.2, -0.15) is 0 Å². The fourth-order valence-electron chi connectivity index (χ4n) is 7.14. The van der Waals surface area contributed by atoms with Gasteiger partial charge >= 0.3 is 0 Å². The van der Waals surface area contributed by atoms with Gasteiger partial charge in [0, 0.05) is 34.2 Å². The first-order valence-electron chi connectivity index (χ1n) is 14.7. The molecule has 1 aromatic carbocycles. The molecule has 9 heteroatoms. The first-order chi connectivity index (χ1) is 18.9. The van der Waals surface area contributed by atoms with E-state index in [2.05, 4.69) is 9.88 Å². The molecule has 1 atom stereocenters. The standard InChI is InChI=1S/C30H40Cl2N2O4S/c31-25-14-5-15-26(32)27(25)28-24(29(38-33-28)22-16-17-22)18-19-6-1-8-20(9-2-7-19)21-10-3-12-23(13-4-11-21)30(35)34-39(36)37/h5,14-15,19-23H,1-4,6-13,16-18H2,(H,34,35)(H,36,37)/p-1. The molecule has 0 spiro atoms. The lowest BCUT2D eigenvalue weighted by Gasteiger charge is -2.33. The SMILES string of the molecule is O=C(NS(=O)[O-])C1CCCC(C2CCCC(Cc3c(-c4c(Cl)cccc4Cl)noc3C3CC3)CCC2)CCC1. The Bertz CT molecular complexity index is 1130. The summed E-state index contributed by atoms with van der Waals surface area (Å²) in [7, 11) is 0. The number of hydrogen-bond donors (Lipinski definition) is 1. The Hall–Kier alpha value is -1.41. The molecule has 0 bridgehead atoms. The zero-order chi connectivity index (χ0) is 27.4. The van der Waals surface area contributed by atoms with Crippen molar-refractivity contribution in [2.45, 2.75) is 102 Å². The summed E-state index contributed by atoms with van der Waals surface area (Å²) in [5, 5.41) is 5.73. The van der Waals surface area contributed by atoms with Gasteiger partial charge in [-0.15, -0.1) is 0 Å². The molecule has 1 unspecified atom stereocenters.